The minimum Gasteiger partial charge on any atom is -0.379 e. The summed E-state index contributed by atoms with van der Waals surface area (Å²) in [5, 5.41) is 3.34. The molecule has 1 atom stereocenters. The first-order chi connectivity index (χ1) is 6.95. The molecule has 0 radical (unpaired) electrons. The van der Waals surface area contributed by atoms with Crippen LogP contribution in [0.4, 0.5) is 0 Å². The minimum atomic E-state index is -0.182. The second-order valence-electron chi connectivity index (χ2n) is 4.38. The van der Waals surface area contributed by atoms with Crippen molar-refractivity contribution in [3.63, 3.8) is 0 Å². The first kappa shape index (κ1) is 14.8. The Kier molecular flexibility index (Phi) is 7.09. The molecule has 0 heterocycles. The van der Waals surface area contributed by atoms with Crippen molar-refractivity contribution in [1.29, 1.82) is 0 Å². The maximum Gasteiger partial charge on any atom is 0.169 e. The van der Waals surface area contributed by atoms with Crippen LogP contribution in [0.3, 0.4) is 0 Å². The smallest absolute Gasteiger partial charge is 0.169 e. The average molecular weight is 219 g/mol. The highest BCUT2D eigenvalue weighted by Gasteiger charge is 2.20. The normalized spacial score (nSPS) is 14.6. The molecule has 1 unspecified atom stereocenters. The Balaban J connectivity index is 3.78. The molecular weight excluding hydrogens is 194 g/mol. The molecule has 0 aromatic heterocycles. The molecule has 0 amide bonds. The van der Waals surface area contributed by atoms with Crippen molar-refractivity contribution < 1.29 is 14.2 Å². The zero-order valence-electron chi connectivity index (χ0n) is 10.8. The third kappa shape index (κ3) is 6.84. The molecule has 0 spiro atoms. The number of ether oxygens (including phenoxy) is 3. The Morgan fingerprint density at radius 2 is 1.67 bits per heavy atom. The zero-order valence-corrected chi connectivity index (χ0v) is 10.8. The van der Waals surface area contributed by atoms with E-state index in [0.717, 1.165) is 6.42 Å². The van der Waals surface area contributed by atoms with Crippen LogP contribution in [0, 0.1) is 0 Å². The Bertz CT molecular complexity index is 158. The average Bonchev–Trinajstić information content (AvgIpc) is 2.19. The van der Waals surface area contributed by atoms with Gasteiger partial charge in [-0.15, -0.1) is 0 Å². The lowest BCUT2D eigenvalue weighted by Gasteiger charge is -2.28. The summed E-state index contributed by atoms with van der Waals surface area (Å²) in [4.78, 5) is 0. The Labute approximate surface area is 93.3 Å². The fraction of sp³-hybridized carbons (Fsp3) is 1.00. The zero-order chi connectivity index (χ0) is 11.9. The molecule has 4 heteroatoms. The molecule has 0 aromatic rings. The predicted octanol–water partition coefficient (Wildman–Crippen LogP) is 1.40. The molecule has 0 aliphatic heterocycles. The summed E-state index contributed by atoms with van der Waals surface area (Å²) in [6, 6.07) is 0.368. The van der Waals surface area contributed by atoms with Gasteiger partial charge in [-0.1, -0.05) is 0 Å². The van der Waals surface area contributed by atoms with Crippen molar-refractivity contribution >= 4 is 0 Å². The number of hydrogen-bond acceptors (Lipinski definition) is 4. The third-order valence-electron chi connectivity index (χ3n) is 2.51. The minimum absolute atomic E-state index is 0.0952. The van der Waals surface area contributed by atoms with E-state index >= 15 is 0 Å². The molecular formula is C11H25NO3. The van der Waals surface area contributed by atoms with Crippen LogP contribution in [-0.2, 0) is 14.2 Å². The van der Waals surface area contributed by atoms with Gasteiger partial charge in [-0.3, -0.25) is 0 Å². The second kappa shape index (κ2) is 7.17. The lowest BCUT2D eigenvalue weighted by Crippen LogP contribution is -2.40. The predicted molar refractivity (Wildman–Crippen MR) is 61.0 cm³/mol. The monoisotopic (exact) mass is 219 g/mol. The van der Waals surface area contributed by atoms with Gasteiger partial charge in [0.1, 0.15) is 0 Å². The third-order valence-corrected chi connectivity index (χ3v) is 2.51. The van der Waals surface area contributed by atoms with Crippen molar-refractivity contribution in [3.8, 4) is 0 Å². The molecule has 0 saturated heterocycles. The molecule has 15 heavy (non-hydrogen) atoms. The van der Waals surface area contributed by atoms with Gasteiger partial charge in [-0.05, 0) is 27.2 Å². The van der Waals surface area contributed by atoms with Gasteiger partial charge in [0.2, 0.25) is 0 Å². The Hall–Kier alpha value is -0.160. The van der Waals surface area contributed by atoms with Gasteiger partial charge in [0.05, 0.1) is 5.60 Å². The lowest BCUT2D eigenvalue weighted by molar-refractivity contribution is -0.101. The highest BCUT2D eigenvalue weighted by Crippen LogP contribution is 2.15. The summed E-state index contributed by atoms with van der Waals surface area (Å²) < 4.78 is 15.5. The van der Waals surface area contributed by atoms with Crippen LogP contribution in [0.1, 0.15) is 27.2 Å². The van der Waals surface area contributed by atoms with E-state index in [1.54, 1.807) is 21.3 Å². The number of rotatable bonds is 8. The topological polar surface area (TPSA) is 39.7 Å². The summed E-state index contributed by atoms with van der Waals surface area (Å²) in [6.07, 6.45) is 0.766. The molecule has 0 saturated carbocycles. The van der Waals surface area contributed by atoms with Crippen LogP contribution in [-0.4, -0.2) is 45.8 Å². The lowest BCUT2D eigenvalue weighted by atomic mass is 10.00. The fourth-order valence-corrected chi connectivity index (χ4v) is 1.45. The first-order valence-electron chi connectivity index (χ1n) is 5.29. The van der Waals surface area contributed by atoms with E-state index in [2.05, 4.69) is 26.1 Å². The maximum atomic E-state index is 5.37. The van der Waals surface area contributed by atoms with Crippen molar-refractivity contribution in [2.75, 3.05) is 27.9 Å². The van der Waals surface area contributed by atoms with E-state index in [4.69, 9.17) is 14.2 Å². The van der Waals surface area contributed by atoms with E-state index in [1.807, 2.05) is 0 Å². The summed E-state index contributed by atoms with van der Waals surface area (Å²) in [5.74, 6) is 0. The molecule has 4 nitrogen and oxygen atoms in total. The molecule has 92 valence electrons. The van der Waals surface area contributed by atoms with E-state index in [1.165, 1.54) is 0 Å². The fourth-order valence-electron chi connectivity index (χ4n) is 1.45. The van der Waals surface area contributed by atoms with Crippen LogP contribution >= 0.6 is 0 Å². The Morgan fingerprint density at radius 3 is 2.07 bits per heavy atom. The quantitative estimate of drug-likeness (QED) is 0.626. The van der Waals surface area contributed by atoms with Crippen LogP contribution in [0.25, 0.3) is 0 Å². The molecule has 1 N–H and O–H groups in total. The molecule has 0 aliphatic carbocycles. The van der Waals surface area contributed by atoms with Crippen molar-refractivity contribution in [1.82, 2.24) is 5.32 Å². The van der Waals surface area contributed by atoms with Crippen molar-refractivity contribution in [2.45, 2.75) is 45.1 Å². The largest absolute Gasteiger partial charge is 0.379 e. The summed E-state index contributed by atoms with van der Waals surface area (Å²) in [7, 11) is 5.01. The summed E-state index contributed by atoms with van der Waals surface area (Å²) in [6.45, 7) is 6.97. The molecule has 0 bridgehead atoms. The van der Waals surface area contributed by atoms with Gasteiger partial charge in [-0.2, -0.15) is 0 Å². The summed E-state index contributed by atoms with van der Waals surface area (Å²) in [5.41, 5.74) is -0.0952. The van der Waals surface area contributed by atoms with E-state index in [9.17, 15) is 0 Å². The van der Waals surface area contributed by atoms with E-state index < -0.39 is 0 Å². The number of nitrogens with one attached hydrogen (secondary N) is 1. The summed E-state index contributed by atoms with van der Waals surface area (Å²) >= 11 is 0. The highest BCUT2D eigenvalue weighted by molar-refractivity contribution is 4.75. The van der Waals surface area contributed by atoms with E-state index in [0.29, 0.717) is 12.6 Å². The standard InChI is InChI=1S/C11H25NO3/c1-9(7-11(2,3)15-6)12-8-10(13-4)14-5/h9-10,12H,7-8H2,1-6H3. The van der Waals surface area contributed by atoms with Gasteiger partial charge >= 0.3 is 0 Å². The van der Waals surface area contributed by atoms with Crippen LogP contribution < -0.4 is 5.32 Å². The van der Waals surface area contributed by atoms with Gasteiger partial charge in [0, 0.05) is 33.9 Å². The SMILES string of the molecule is COC(CNC(C)CC(C)(C)OC)OC. The van der Waals surface area contributed by atoms with E-state index in [-0.39, 0.29) is 11.9 Å². The Morgan fingerprint density at radius 1 is 1.13 bits per heavy atom. The van der Waals surface area contributed by atoms with Gasteiger partial charge in [-0.25, -0.2) is 0 Å². The molecule has 0 rings (SSSR count). The first-order valence-corrected chi connectivity index (χ1v) is 5.29. The molecule has 0 fully saturated rings. The van der Waals surface area contributed by atoms with Crippen molar-refractivity contribution in [3.05, 3.63) is 0 Å². The van der Waals surface area contributed by atoms with Gasteiger partial charge in [0.25, 0.3) is 0 Å². The second-order valence-corrected chi connectivity index (χ2v) is 4.38. The number of hydrogen-bond donors (Lipinski definition) is 1. The van der Waals surface area contributed by atoms with Gasteiger partial charge < -0.3 is 19.5 Å². The van der Waals surface area contributed by atoms with Crippen LogP contribution in [0.5, 0.6) is 0 Å². The van der Waals surface area contributed by atoms with Crippen LogP contribution in [0.2, 0.25) is 0 Å². The molecule has 0 aliphatic rings. The van der Waals surface area contributed by atoms with Crippen molar-refractivity contribution in [2.24, 2.45) is 0 Å². The maximum absolute atomic E-state index is 5.37. The van der Waals surface area contributed by atoms with Gasteiger partial charge in [0.15, 0.2) is 6.29 Å². The molecule has 0 aromatic carbocycles. The van der Waals surface area contributed by atoms with Crippen LogP contribution in [0.15, 0.2) is 0 Å². The number of methoxy groups -OCH3 is 3. The highest BCUT2D eigenvalue weighted by atomic mass is 16.7.